The van der Waals surface area contributed by atoms with E-state index in [2.05, 4.69) is 5.32 Å². The smallest absolute Gasteiger partial charge is 0.382 e. The van der Waals surface area contributed by atoms with Crippen LogP contribution < -0.4 is 5.32 Å². The van der Waals surface area contributed by atoms with Crippen LogP contribution in [0.4, 0.5) is 26.7 Å². The predicted molar refractivity (Wildman–Crippen MR) is 141 cm³/mol. The molecule has 2 fully saturated rings. The number of fused-ring (bicyclic) bond motifs is 1. The first-order chi connectivity index (χ1) is 19.8. The van der Waals surface area contributed by atoms with Crippen molar-refractivity contribution in [3.8, 4) is 0 Å². The van der Waals surface area contributed by atoms with Gasteiger partial charge in [-0.2, -0.15) is 18.3 Å². The number of nitrogens with one attached hydrogen (secondary N) is 2. The first kappa shape index (κ1) is 30.6. The van der Waals surface area contributed by atoms with Crippen molar-refractivity contribution in [2.75, 3.05) is 19.8 Å². The second kappa shape index (κ2) is 11.7. The summed E-state index contributed by atoms with van der Waals surface area (Å²) in [5, 5.41) is 25.7. The zero-order chi connectivity index (χ0) is 30.3. The van der Waals surface area contributed by atoms with Crippen molar-refractivity contribution in [3.05, 3.63) is 51.8 Å². The Bertz CT molecular complexity index is 1300. The second-order valence-corrected chi connectivity index (χ2v) is 11.3. The Labute approximate surface area is 243 Å². The van der Waals surface area contributed by atoms with E-state index in [1.165, 1.54) is 24.3 Å². The largest absolute Gasteiger partial charge is 0.416 e. The molecule has 9 nitrogen and oxygen atoms in total. The number of hydrogen-bond acceptors (Lipinski definition) is 6. The van der Waals surface area contributed by atoms with Gasteiger partial charge in [-0.15, -0.1) is 0 Å². The summed E-state index contributed by atoms with van der Waals surface area (Å²) in [6, 6.07) is 4.25. The van der Waals surface area contributed by atoms with Crippen molar-refractivity contribution in [3.63, 3.8) is 0 Å². The van der Waals surface area contributed by atoms with Gasteiger partial charge in [-0.1, -0.05) is 11.6 Å². The van der Waals surface area contributed by atoms with Gasteiger partial charge in [0.05, 0.1) is 38.0 Å². The highest BCUT2D eigenvalue weighted by atomic mass is 35.5. The van der Waals surface area contributed by atoms with E-state index in [0.717, 1.165) is 11.3 Å². The van der Waals surface area contributed by atoms with Crippen LogP contribution in [0, 0.1) is 5.41 Å². The minimum absolute atomic E-state index is 0.113. The number of carbonyl (C=O) groups is 1. The van der Waals surface area contributed by atoms with E-state index in [1.807, 2.05) is 0 Å². The maximum atomic E-state index is 13.9. The number of amidine groups is 1. The highest BCUT2D eigenvalue weighted by Gasteiger charge is 2.45. The van der Waals surface area contributed by atoms with E-state index in [0.29, 0.717) is 48.1 Å². The lowest BCUT2D eigenvalue weighted by Gasteiger charge is -2.34. The molecule has 1 aromatic heterocycles. The normalized spacial score (nSPS) is 20.7. The number of amides is 2. The first-order valence-electron chi connectivity index (χ1n) is 13.7. The molecule has 1 aromatic carbocycles. The maximum absolute atomic E-state index is 13.9. The van der Waals surface area contributed by atoms with Gasteiger partial charge in [-0.25, -0.2) is 13.6 Å². The number of benzene rings is 1. The molecular weight excluding hydrogens is 589 g/mol. The summed E-state index contributed by atoms with van der Waals surface area (Å²) in [6.45, 7) is -0.544. The average Bonchev–Trinajstić information content (AvgIpc) is 3.54. The van der Waals surface area contributed by atoms with Gasteiger partial charge in [0.25, 0.3) is 0 Å². The highest BCUT2D eigenvalue weighted by molar-refractivity contribution is 6.30. The number of carbonyl (C=O) groups excluding carboxylic acids is 1. The van der Waals surface area contributed by atoms with Crippen LogP contribution in [0.25, 0.3) is 0 Å². The van der Waals surface area contributed by atoms with Crippen molar-refractivity contribution in [1.82, 2.24) is 20.0 Å². The molecular formula is C27H31ClF5N5O4. The number of halogens is 6. The molecule has 2 heterocycles. The van der Waals surface area contributed by atoms with Gasteiger partial charge in [0.2, 0.25) is 5.92 Å². The lowest BCUT2D eigenvalue weighted by molar-refractivity contribution is -0.204. The molecule has 0 unspecified atom stereocenters. The molecule has 0 bridgehead atoms. The van der Waals surface area contributed by atoms with Gasteiger partial charge in [-0.3, -0.25) is 15.0 Å². The van der Waals surface area contributed by atoms with Crippen LogP contribution in [0.2, 0.25) is 5.02 Å². The van der Waals surface area contributed by atoms with Crippen LogP contribution >= 0.6 is 11.6 Å². The van der Waals surface area contributed by atoms with Crippen LogP contribution in [-0.2, 0) is 28.9 Å². The van der Waals surface area contributed by atoms with E-state index in [-0.39, 0.29) is 43.8 Å². The first-order valence-corrected chi connectivity index (χ1v) is 14.0. The van der Waals surface area contributed by atoms with Crippen molar-refractivity contribution in [2.24, 2.45) is 0 Å². The van der Waals surface area contributed by atoms with E-state index >= 15 is 0 Å². The molecule has 230 valence electrons. The summed E-state index contributed by atoms with van der Waals surface area (Å²) in [7, 11) is 0. The fraction of sp³-hybridized carbons (Fsp3) is 0.593. The molecule has 2 aliphatic carbocycles. The molecule has 1 aliphatic heterocycles. The van der Waals surface area contributed by atoms with Gasteiger partial charge in [0.15, 0.2) is 11.9 Å². The van der Waals surface area contributed by atoms with Gasteiger partial charge in [0.1, 0.15) is 5.84 Å². The topological polar surface area (TPSA) is 113 Å². The van der Waals surface area contributed by atoms with Crippen molar-refractivity contribution >= 4 is 23.5 Å². The summed E-state index contributed by atoms with van der Waals surface area (Å²) >= 11 is 5.88. The third-order valence-corrected chi connectivity index (χ3v) is 8.27. The van der Waals surface area contributed by atoms with Crippen LogP contribution in [0.5, 0.6) is 0 Å². The molecule has 15 heteroatoms. The number of aliphatic hydroxyl groups is 1. The summed E-state index contributed by atoms with van der Waals surface area (Å²) in [5.41, 5.74) is 2.12. The Balaban J connectivity index is 1.38. The molecule has 2 amide bonds. The maximum Gasteiger partial charge on any atom is 0.416 e. The number of aromatic nitrogens is 2. The van der Waals surface area contributed by atoms with Crippen molar-refractivity contribution in [1.29, 1.82) is 5.41 Å². The molecule has 1 saturated carbocycles. The number of nitrogens with zero attached hydrogens (tertiary/aromatic N) is 3. The van der Waals surface area contributed by atoms with Crippen LogP contribution in [-0.4, -0.2) is 75.4 Å². The van der Waals surface area contributed by atoms with Crippen molar-refractivity contribution < 1.29 is 41.3 Å². The number of aliphatic hydroxyl groups excluding tert-OH is 1. The number of ether oxygens (including phenoxy) is 2. The Morgan fingerprint density at radius 2 is 1.83 bits per heavy atom. The molecule has 1 atom stereocenters. The standard InChI is InChI=1S/C27H31ClF5N5O4/c28-17-3-1-16(2-4-17)23(34)37(15-22(39)27(31,32)33)24(40)35-14-20-19-7-10-26(41-11-12-42-26)13-21(19)38(36-20)18-5-8-25(29,30)9-6-18/h1-4,18,22,34,39H,5-15H2,(H,35,40)/t22-/m0/s1. The van der Waals surface area contributed by atoms with E-state index in [4.69, 9.17) is 31.6 Å². The zero-order valence-electron chi connectivity index (χ0n) is 22.5. The highest BCUT2D eigenvalue weighted by Crippen LogP contribution is 2.42. The zero-order valence-corrected chi connectivity index (χ0v) is 23.3. The Morgan fingerprint density at radius 3 is 2.45 bits per heavy atom. The lowest BCUT2D eigenvalue weighted by atomic mass is 9.88. The molecule has 42 heavy (non-hydrogen) atoms. The van der Waals surface area contributed by atoms with Crippen LogP contribution in [0.1, 0.15) is 60.7 Å². The molecule has 3 N–H and O–H groups in total. The summed E-state index contributed by atoms with van der Waals surface area (Å²) in [5.74, 6) is -4.14. The van der Waals surface area contributed by atoms with Gasteiger partial charge < -0.3 is 19.9 Å². The van der Waals surface area contributed by atoms with Crippen LogP contribution in [0.3, 0.4) is 0 Å². The van der Waals surface area contributed by atoms with E-state index < -0.39 is 42.4 Å². The Kier molecular flexibility index (Phi) is 8.54. The second-order valence-electron chi connectivity index (χ2n) is 10.9. The number of alkyl halides is 5. The van der Waals surface area contributed by atoms with Crippen LogP contribution in [0.15, 0.2) is 24.3 Å². The van der Waals surface area contributed by atoms with Gasteiger partial charge >= 0.3 is 12.2 Å². The fourth-order valence-electron chi connectivity index (χ4n) is 5.72. The van der Waals surface area contributed by atoms with Crippen molar-refractivity contribution in [2.45, 2.75) is 81.5 Å². The monoisotopic (exact) mass is 619 g/mol. The number of hydrogen-bond donors (Lipinski definition) is 3. The minimum atomic E-state index is -5.02. The summed E-state index contributed by atoms with van der Waals surface area (Å²) in [4.78, 5) is 13.7. The third-order valence-electron chi connectivity index (χ3n) is 8.01. The minimum Gasteiger partial charge on any atom is -0.382 e. The molecule has 1 saturated heterocycles. The molecule has 5 rings (SSSR count). The van der Waals surface area contributed by atoms with Gasteiger partial charge in [0, 0.05) is 42.0 Å². The SMILES string of the molecule is N=C(c1ccc(Cl)cc1)N(C[C@H](O)C(F)(F)F)C(=O)NCc1nn(C2CCC(F)(F)CC2)c2c1CCC1(C2)OCCO1. The number of rotatable bonds is 6. The molecule has 3 aliphatic rings. The fourth-order valence-corrected chi connectivity index (χ4v) is 5.84. The summed E-state index contributed by atoms with van der Waals surface area (Å²) in [6.07, 6.45) is -6.71. The Morgan fingerprint density at radius 1 is 1.19 bits per heavy atom. The summed E-state index contributed by atoms with van der Waals surface area (Å²) < 4.78 is 80.9. The third kappa shape index (κ3) is 6.56. The molecule has 2 aromatic rings. The van der Waals surface area contributed by atoms with E-state index in [9.17, 15) is 31.9 Å². The molecule has 0 radical (unpaired) electrons. The van der Waals surface area contributed by atoms with Gasteiger partial charge in [-0.05, 0) is 49.1 Å². The lowest BCUT2D eigenvalue weighted by Crippen LogP contribution is -2.50. The average molecular weight is 620 g/mol. The number of urea groups is 1. The quantitative estimate of drug-likeness (QED) is 0.240. The molecule has 1 spiro atoms. The predicted octanol–water partition coefficient (Wildman–Crippen LogP) is 4.98. The van der Waals surface area contributed by atoms with E-state index in [1.54, 1.807) is 4.68 Å². The Hall–Kier alpha value is -2.81.